The fraction of sp³-hybridized carbons (Fsp3) is 0.345. The number of anilines is 1. The first kappa shape index (κ1) is 26.2. The zero-order valence-electron chi connectivity index (χ0n) is 21.7. The molecule has 8 nitrogen and oxygen atoms in total. The number of nitrogens with one attached hydrogen (secondary N) is 1. The van der Waals surface area contributed by atoms with Crippen LogP contribution in [0.3, 0.4) is 0 Å². The minimum atomic E-state index is -0.508. The molecule has 38 heavy (non-hydrogen) atoms. The maximum atomic E-state index is 12.0. The first-order valence-electron chi connectivity index (χ1n) is 13.0. The highest BCUT2D eigenvalue weighted by atomic mass is 35.5. The number of hydrogen-bond acceptors (Lipinski definition) is 7. The lowest BCUT2D eigenvalue weighted by Crippen LogP contribution is -2.45. The van der Waals surface area contributed by atoms with Crippen molar-refractivity contribution in [3.8, 4) is 11.3 Å². The molecule has 1 fully saturated rings. The molecule has 0 spiro atoms. The molecule has 3 heterocycles. The molecule has 9 heteroatoms. The van der Waals surface area contributed by atoms with Gasteiger partial charge in [0.25, 0.3) is 0 Å². The fourth-order valence-electron chi connectivity index (χ4n) is 4.78. The van der Waals surface area contributed by atoms with E-state index in [1.807, 2.05) is 74.5 Å². The zero-order chi connectivity index (χ0) is 26.6. The molecule has 0 aliphatic carbocycles. The number of amides is 1. The van der Waals surface area contributed by atoms with Gasteiger partial charge in [0, 0.05) is 42.2 Å². The van der Waals surface area contributed by atoms with E-state index in [-0.39, 0.29) is 5.92 Å². The van der Waals surface area contributed by atoms with Crippen LogP contribution in [0.1, 0.15) is 25.4 Å². The molecule has 1 amide bonds. The maximum absolute atomic E-state index is 12.0. The topological polar surface area (TPSA) is 101 Å². The largest absolute Gasteiger partial charge is 0.460 e. The Morgan fingerprint density at radius 1 is 0.974 bits per heavy atom. The lowest BCUT2D eigenvalue weighted by atomic mass is 10.0. The monoisotopic (exact) mass is 532 g/mol. The molecule has 1 aliphatic rings. The van der Waals surface area contributed by atoms with Crippen LogP contribution >= 0.6 is 11.6 Å². The predicted molar refractivity (Wildman–Crippen MR) is 151 cm³/mol. The van der Waals surface area contributed by atoms with Crippen molar-refractivity contribution in [1.82, 2.24) is 19.8 Å². The van der Waals surface area contributed by atoms with Crippen molar-refractivity contribution in [2.75, 3.05) is 31.5 Å². The molecule has 0 radical (unpaired) electrons. The van der Waals surface area contributed by atoms with Crippen LogP contribution in [0.25, 0.3) is 22.2 Å². The van der Waals surface area contributed by atoms with Crippen LogP contribution in [0.15, 0.2) is 65.1 Å². The van der Waals surface area contributed by atoms with Gasteiger partial charge in [0.2, 0.25) is 5.91 Å². The van der Waals surface area contributed by atoms with Crippen LogP contribution in [0, 0.1) is 5.92 Å². The number of primary amides is 1. The number of para-hydroxylation sites is 1. The first-order valence-corrected chi connectivity index (χ1v) is 13.3. The molecule has 2 aromatic heterocycles. The van der Waals surface area contributed by atoms with Gasteiger partial charge in [-0.25, -0.2) is 9.97 Å². The molecular weight excluding hydrogens is 500 g/mol. The zero-order valence-corrected chi connectivity index (χ0v) is 22.5. The van der Waals surface area contributed by atoms with Gasteiger partial charge in [-0.2, -0.15) is 0 Å². The number of piperazine rings is 1. The second kappa shape index (κ2) is 11.5. The first-order chi connectivity index (χ1) is 18.4. The Balaban J connectivity index is 1.22. The highest BCUT2D eigenvalue weighted by Crippen LogP contribution is 2.25. The molecule has 4 aromatic rings. The smallest absolute Gasteiger partial charge is 0.240 e. The number of carbonyl (C=O) groups excluding carboxylic acids is 1. The second-order valence-corrected chi connectivity index (χ2v) is 10.5. The van der Waals surface area contributed by atoms with E-state index in [9.17, 15) is 4.79 Å². The van der Waals surface area contributed by atoms with E-state index in [1.165, 1.54) is 0 Å². The molecule has 5 rings (SSSR count). The summed E-state index contributed by atoms with van der Waals surface area (Å²) >= 11 is 6.00. The van der Waals surface area contributed by atoms with Crippen molar-refractivity contribution >= 4 is 34.2 Å². The Bertz CT molecular complexity index is 1400. The number of hydrogen-bond donors (Lipinski definition) is 2. The minimum Gasteiger partial charge on any atom is -0.460 e. The average Bonchev–Trinajstić information content (AvgIpc) is 3.36. The van der Waals surface area contributed by atoms with E-state index in [0.29, 0.717) is 17.4 Å². The Kier molecular flexibility index (Phi) is 7.93. The molecule has 1 atom stereocenters. The Morgan fingerprint density at radius 3 is 2.34 bits per heavy atom. The van der Waals surface area contributed by atoms with E-state index in [1.54, 1.807) is 0 Å². The molecule has 0 unspecified atom stereocenters. The summed E-state index contributed by atoms with van der Waals surface area (Å²) in [7, 11) is 0. The minimum absolute atomic E-state index is 0.0363. The predicted octanol–water partition coefficient (Wildman–Crippen LogP) is 4.78. The number of nitrogens with zero attached hydrogens (tertiary/aromatic N) is 4. The molecule has 1 aliphatic heterocycles. The Hall–Kier alpha value is -3.46. The number of furan rings is 1. The third-order valence-corrected chi connectivity index (χ3v) is 7.17. The third kappa shape index (κ3) is 6.15. The van der Waals surface area contributed by atoms with E-state index >= 15 is 0 Å². The van der Waals surface area contributed by atoms with Crippen LogP contribution in [0.4, 0.5) is 5.82 Å². The van der Waals surface area contributed by atoms with E-state index in [0.717, 1.165) is 66.5 Å². The summed E-state index contributed by atoms with van der Waals surface area (Å²) in [4.78, 5) is 26.4. The van der Waals surface area contributed by atoms with Gasteiger partial charge in [0.05, 0.1) is 18.6 Å². The van der Waals surface area contributed by atoms with E-state index < -0.39 is 11.9 Å². The lowest BCUT2D eigenvalue weighted by Gasteiger charge is -2.33. The SMILES string of the molecule is CC(C)[C@H](Nc1nc(CN2CCN(Cc3ccc(-c4ccc(Cl)cc4)o3)CC2)nc2ccccc12)C(N)=O. The summed E-state index contributed by atoms with van der Waals surface area (Å²) in [5.74, 6) is 2.82. The molecule has 0 saturated carbocycles. The normalized spacial score (nSPS) is 15.7. The van der Waals surface area contributed by atoms with Crippen LogP contribution in [0.5, 0.6) is 0 Å². The second-order valence-electron chi connectivity index (χ2n) is 10.1. The number of benzene rings is 2. The van der Waals surface area contributed by atoms with E-state index in [4.69, 9.17) is 31.7 Å². The van der Waals surface area contributed by atoms with Gasteiger partial charge in [-0.15, -0.1) is 0 Å². The number of rotatable bonds is 9. The summed E-state index contributed by atoms with van der Waals surface area (Å²) in [5.41, 5.74) is 7.52. The van der Waals surface area contributed by atoms with Crippen molar-refractivity contribution in [1.29, 1.82) is 0 Å². The van der Waals surface area contributed by atoms with E-state index in [2.05, 4.69) is 15.1 Å². The lowest BCUT2D eigenvalue weighted by molar-refractivity contribution is -0.119. The summed E-state index contributed by atoms with van der Waals surface area (Å²) in [5, 5.41) is 4.87. The van der Waals surface area contributed by atoms with Gasteiger partial charge < -0.3 is 15.5 Å². The van der Waals surface area contributed by atoms with Crippen molar-refractivity contribution < 1.29 is 9.21 Å². The third-order valence-electron chi connectivity index (χ3n) is 6.91. The summed E-state index contributed by atoms with van der Waals surface area (Å²) in [6, 6.07) is 19.1. The van der Waals surface area contributed by atoms with Crippen molar-refractivity contribution in [2.24, 2.45) is 11.7 Å². The Morgan fingerprint density at radius 2 is 1.66 bits per heavy atom. The van der Waals surface area contributed by atoms with Crippen molar-refractivity contribution in [3.63, 3.8) is 0 Å². The number of halogens is 1. The van der Waals surface area contributed by atoms with Crippen LogP contribution in [-0.2, 0) is 17.9 Å². The van der Waals surface area contributed by atoms with Crippen molar-refractivity contribution in [2.45, 2.75) is 33.0 Å². The Labute approximate surface area is 227 Å². The molecule has 2 aromatic carbocycles. The highest BCUT2D eigenvalue weighted by Gasteiger charge is 2.23. The van der Waals surface area contributed by atoms with Gasteiger partial charge in [0.1, 0.15) is 29.2 Å². The maximum Gasteiger partial charge on any atom is 0.240 e. The number of fused-ring (bicyclic) bond motifs is 1. The van der Waals surface area contributed by atoms with Crippen molar-refractivity contribution in [3.05, 3.63) is 77.3 Å². The van der Waals surface area contributed by atoms with Crippen LogP contribution in [-0.4, -0.2) is 57.9 Å². The number of nitrogens with two attached hydrogens (primary N) is 1. The fourth-order valence-corrected chi connectivity index (χ4v) is 4.90. The highest BCUT2D eigenvalue weighted by molar-refractivity contribution is 6.30. The quantitative estimate of drug-likeness (QED) is 0.320. The average molecular weight is 533 g/mol. The van der Waals surface area contributed by atoms with Crippen LogP contribution in [0.2, 0.25) is 5.02 Å². The summed E-state index contributed by atoms with van der Waals surface area (Å²) in [6.45, 7) is 8.99. The van der Waals surface area contributed by atoms with Crippen LogP contribution < -0.4 is 11.1 Å². The number of carbonyl (C=O) groups is 1. The molecule has 1 saturated heterocycles. The van der Waals surface area contributed by atoms with Gasteiger partial charge in [0.15, 0.2) is 0 Å². The number of aromatic nitrogens is 2. The molecule has 3 N–H and O–H groups in total. The standard InChI is InChI=1S/C29H33ClN6O2/c1-19(2)27(28(31)37)34-29-23-5-3-4-6-24(23)32-26(33-29)18-36-15-13-35(14-16-36)17-22-11-12-25(38-22)20-7-9-21(30)10-8-20/h3-12,19,27H,13-18H2,1-2H3,(H2,31,37)(H,32,33,34)/t27-/m0/s1. The molecule has 198 valence electrons. The van der Waals surface area contributed by atoms with Gasteiger partial charge >= 0.3 is 0 Å². The van der Waals surface area contributed by atoms with Gasteiger partial charge in [-0.1, -0.05) is 37.6 Å². The summed E-state index contributed by atoms with van der Waals surface area (Å²) < 4.78 is 6.10. The van der Waals surface area contributed by atoms with Gasteiger partial charge in [-0.05, 0) is 54.4 Å². The van der Waals surface area contributed by atoms with Gasteiger partial charge in [-0.3, -0.25) is 14.6 Å². The molecule has 0 bridgehead atoms. The summed E-state index contributed by atoms with van der Waals surface area (Å²) in [6.07, 6.45) is 0. The molecular formula is C29H33ClN6O2.